The molecule has 7 aromatic carbocycles. The molecule has 0 saturated carbocycles. The number of allylic oxidation sites excluding steroid dienone is 6. The molecule has 0 unspecified atom stereocenters. The second kappa shape index (κ2) is 16.2. The second-order valence-electron chi connectivity index (χ2n) is 13.5. The van der Waals surface area contributed by atoms with Gasteiger partial charge >= 0.3 is 0 Å². The molecule has 0 atom stereocenters. The van der Waals surface area contributed by atoms with E-state index in [0.717, 1.165) is 45.3 Å². The van der Waals surface area contributed by atoms with E-state index in [9.17, 15) is 0 Å². The van der Waals surface area contributed by atoms with Crippen molar-refractivity contribution in [3.05, 3.63) is 253 Å². The molecule has 0 N–H and O–H groups in total. The van der Waals surface area contributed by atoms with Crippen molar-refractivity contribution >= 4 is 46.3 Å². The summed E-state index contributed by atoms with van der Waals surface area (Å²) in [5.41, 5.74) is 9.93. The molecule has 0 amide bonds. The van der Waals surface area contributed by atoms with E-state index in [4.69, 9.17) is 0 Å². The summed E-state index contributed by atoms with van der Waals surface area (Å²) in [5.74, 6) is 0.239. The highest BCUT2D eigenvalue weighted by atomic mass is 15.1. The number of hydrogen-bond donors (Lipinski definition) is 0. The van der Waals surface area contributed by atoms with Crippen LogP contribution in [0.1, 0.15) is 22.6 Å². The van der Waals surface area contributed by atoms with Crippen molar-refractivity contribution in [3.8, 4) is 0 Å². The molecule has 0 heterocycles. The van der Waals surface area contributed by atoms with Crippen molar-refractivity contribution in [1.29, 1.82) is 0 Å². The van der Waals surface area contributed by atoms with Gasteiger partial charge in [0.15, 0.2) is 0 Å². The number of anilines is 6. The molecule has 1 aliphatic rings. The monoisotopic (exact) mass is 694 g/mol. The number of para-hydroxylation sites is 4. The Morgan fingerprint density at radius 2 is 0.630 bits per heavy atom. The molecule has 2 heteroatoms. The fraction of sp³-hybridized carbons (Fsp3) is 0.0385. The van der Waals surface area contributed by atoms with E-state index >= 15 is 0 Å². The Morgan fingerprint density at radius 1 is 0.333 bits per heavy atom. The Morgan fingerprint density at radius 3 is 0.963 bits per heavy atom. The van der Waals surface area contributed by atoms with Crippen molar-refractivity contribution < 1.29 is 0 Å². The Labute approximate surface area is 319 Å². The van der Waals surface area contributed by atoms with Crippen LogP contribution in [0, 0.1) is 5.41 Å². The van der Waals surface area contributed by atoms with Crippen LogP contribution < -0.4 is 9.80 Å². The predicted molar refractivity (Wildman–Crippen MR) is 230 cm³/mol. The minimum atomic E-state index is -0.386. The normalized spacial score (nSPS) is 13.7. The molecule has 0 aromatic heterocycles. The zero-order valence-electron chi connectivity index (χ0n) is 30.1. The second-order valence-corrected chi connectivity index (χ2v) is 13.5. The molecule has 0 fully saturated rings. The average Bonchev–Trinajstić information content (AvgIpc) is 3.25. The molecule has 54 heavy (non-hydrogen) atoms. The zero-order valence-corrected chi connectivity index (χ0v) is 30.1. The summed E-state index contributed by atoms with van der Waals surface area (Å²) in [4.78, 5) is 4.58. The van der Waals surface area contributed by atoms with Gasteiger partial charge < -0.3 is 9.80 Å². The van der Waals surface area contributed by atoms with Crippen molar-refractivity contribution in [2.24, 2.45) is 5.41 Å². The number of rotatable bonds is 11. The molecule has 1 aliphatic carbocycles. The largest absolute Gasteiger partial charge is 0.311 e. The maximum atomic E-state index is 2.33. The van der Waals surface area contributed by atoms with Gasteiger partial charge in [-0.15, -0.1) is 0 Å². The van der Waals surface area contributed by atoms with Crippen molar-refractivity contribution in [2.75, 3.05) is 9.80 Å². The van der Waals surface area contributed by atoms with E-state index in [2.05, 4.69) is 259 Å². The maximum Gasteiger partial charge on any atom is 0.0462 e. The Hall–Kier alpha value is -6.90. The molecule has 260 valence electrons. The highest BCUT2D eigenvalue weighted by molar-refractivity contribution is 5.78. The fourth-order valence-corrected chi connectivity index (χ4v) is 6.99. The van der Waals surface area contributed by atoms with Crippen LogP contribution in [0.4, 0.5) is 34.1 Å². The summed E-state index contributed by atoms with van der Waals surface area (Å²) in [7, 11) is 0. The van der Waals surface area contributed by atoms with Crippen LogP contribution in [0.5, 0.6) is 0 Å². The Bertz CT molecular complexity index is 2110. The number of hydrogen-bond acceptors (Lipinski definition) is 2. The zero-order chi connectivity index (χ0) is 36.4. The summed E-state index contributed by atoms with van der Waals surface area (Å²) >= 11 is 0. The maximum absolute atomic E-state index is 2.33. The molecule has 0 bridgehead atoms. The SMILES string of the molecule is C1=CC(/C=C/c2ccc(N(c3ccccc3)c3ccccc3)cc2)(/C=C/c2ccc(N(c3ccccc3)c3ccccc3)cc2)C=CC1c1ccccc1. The number of nitrogens with zero attached hydrogens (tertiary/aromatic N) is 2. The van der Waals surface area contributed by atoms with Crippen LogP contribution in [0.3, 0.4) is 0 Å². The van der Waals surface area contributed by atoms with Gasteiger partial charge in [0.1, 0.15) is 0 Å². The van der Waals surface area contributed by atoms with Crippen LogP contribution >= 0.6 is 0 Å². The quantitative estimate of drug-likeness (QED) is 0.124. The first-order valence-electron chi connectivity index (χ1n) is 18.6. The molecule has 0 spiro atoms. The van der Waals surface area contributed by atoms with E-state index in [1.807, 2.05) is 0 Å². The molecular weight excluding hydrogens is 653 g/mol. The van der Waals surface area contributed by atoms with Gasteiger partial charge in [-0.1, -0.05) is 176 Å². The van der Waals surface area contributed by atoms with Crippen molar-refractivity contribution in [1.82, 2.24) is 0 Å². The van der Waals surface area contributed by atoms with Gasteiger partial charge in [0.05, 0.1) is 0 Å². The van der Waals surface area contributed by atoms with Crippen LogP contribution in [0.25, 0.3) is 12.2 Å². The van der Waals surface area contributed by atoms with Gasteiger partial charge in [-0.25, -0.2) is 0 Å². The standard InChI is InChI=1S/C52H42N2/c1-6-16-44(17-7-1)45-36-40-52(41-37-45,38-34-42-26-30-50(31-27-42)53(46-18-8-2-9-19-46)47-20-10-3-11-21-47)39-35-43-28-32-51(33-29-43)54(48-22-12-4-13-23-48)49-24-14-5-15-25-49/h1-41,45H/b38-34+,39-35+. The van der Waals surface area contributed by atoms with Crippen LogP contribution in [-0.4, -0.2) is 0 Å². The highest BCUT2D eigenvalue weighted by Gasteiger charge is 2.22. The Kier molecular flexibility index (Phi) is 10.3. The lowest BCUT2D eigenvalue weighted by molar-refractivity contribution is 0.789. The van der Waals surface area contributed by atoms with E-state index in [-0.39, 0.29) is 11.3 Å². The van der Waals surface area contributed by atoms with Gasteiger partial charge in [-0.05, 0) is 89.5 Å². The first kappa shape index (κ1) is 34.2. The van der Waals surface area contributed by atoms with Gasteiger partial charge in [-0.2, -0.15) is 0 Å². The lowest BCUT2D eigenvalue weighted by Gasteiger charge is -2.26. The van der Waals surface area contributed by atoms with E-state index in [0.29, 0.717) is 0 Å². The lowest BCUT2D eigenvalue weighted by Crippen LogP contribution is -2.12. The van der Waals surface area contributed by atoms with Gasteiger partial charge in [0.25, 0.3) is 0 Å². The third kappa shape index (κ3) is 7.94. The van der Waals surface area contributed by atoms with Gasteiger partial charge in [0.2, 0.25) is 0 Å². The Balaban J connectivity index is 1.08. The molecule has 0 aliphatic heterocycles. The minimum absolute atomic E-state index is 0.239. The molecular formula is C52H42N2. The highest BCUT2D eigenvalue weighted by Crippen LogP contribution is 2.38. The van der Waals surface area contributed by atoms with Gasteiger partial charge in [-0.3, -0.25) is 0 Å². The molecule has 0 saturated heterocycles. The first-order valence-corrected chi connectivity index (χ1v) is 18.6. The molecule has 7 aromatic rings. The van der Waals surface area contributed by atoms with Crippen LogP contribution in [0.15, 0.2) is 237 Å². The summed E-state index contributed by atoms with van der Waals surface area (Å²) in [6, 6.07) is 70.4. The summed E-state index contributed by atoms with van der Waals surface area (Å²) in [6.07, 6.45) is 18.4. The molecule has 0 radical (unpaired) electrons. The summed E-state index contributed by atoms with van der Waals surface area (Å²) < 4.78 is 0. The van der Waals surface area contributed by atoms with E-state index < -0.39 is 0 Å². The number of benzene rings is 7. The molecule has 8 rings (SSSR count). The van der Waals surface area contributed by atoms with E-state index in [1.54, 1.807) is 0 Å². The van der Waals surface area contributed by atoms with Crippen molar-refractivity contribution in [3.63, 3.8) is 0 Å². The fourth-order valence-electron chi connectivity index (χ4n) is 6.99. The van der Waals surface area contributed by atoms with E-state index in [1.165, 1.54) is 5.56 Å². The minimum Gasteiger partial charge on any atom is -0.311 e. The topological polar surface area (TPSA) is 6.48 Å². The lowest BCUT2D eigenvalue weighted by atomic mass is 9.78. The predicted octanol–water partition coefficient (Wildman–Crippen LogP) is 14.2. The summed E-state index contributed by atoms with van der Waals surface area (Å²) in [6.45, 7) is 0. The van der Waals surface area contributed by atoms with Crippen LogP contribution in [0.2, 0.25) is 0 Å². The summed E-state index contributed by atoms with van der Waals surface area (Å²) in [5, 5.41) is 0. The third-order valence-electron chi connectivity index (χ3n) is 9.86. The average molecular weight is 695 g/mol. The van der Waals surface area contributed by atoms with Crippen molar-refractivity contribution in [2.45, 2.75) is 5.92 Å². The van der Waals surface area contributed by atoms with Gasteiger partial charge in [0, 0.05) is 45.5 Å². The first-order chi connectivity index (χ1) is 26.7. The molecule has 2 nitrogen and oxygen atoms in total. The third-order valence-corrected chi connectivity index (χ3v) is 9.86. The van der Waals surface area contributed by atoms with Crippen LogP contribution in [-0.2, 0) is 0 Å². The smallest absolute Gasteiger partial charge is 0.0462 e.